The number of aliphatic carboxylic acids is 1. The van der Waals surface area contributed by atoms with Crippen LogP contribution in [-0.2, 0) is 11.2 Å². The van der Waals surface area contributed by atoms with Crippen molar-refractivity contribution in [3.63, 3.8) is 0 Å². The number of carbonyl (C=O) groups is 1. The summed E-state index contributed by atoms with van der Waals surface area (Å²) in [5.41, 5.74) is 0. The molecule has 0 aliphatic heterocycles. The molecule has 1 aliphatic rings. The molecule has 2 rings (SSSR count). The van der Waals surface area contributed by atoms with E-state index in [0.717, 1.165) is 10.9 Å². The summed E-state index contributed by atoms with van der Waals surface area (Å²) in [5, 5.41) is 9.44. The second kappa shape index (κ2) is 3.46. The Labute approximate surface area is 80.4 Å². The van der Waals surface area contributed by atoms with Gasteiger partial charge in [0, 0.05) is 17.5 Å². The van der Waals surface area contributed by atoms with Gasteiger partial charge in [-0.3, -0.25) is 4.79 Å². The average molecular weight is 197 g/mol. The van der Waals surface area contributed by atoms with Crippen molar-refractivity contribution in [2.75, 3.05) is 0 Å². The molecule has 0 bridgehead atoms. The van der Waals surface area contributed by atoms with Crippen molar-refractivity contribution in [2.24, 2.45) is 0 Å². The van der Waals surface area contributed by atoms with Gasteiger partial charge in [-0.05, 0) is 18.8 Å². The maximum Gasteiger partial charge on any atom is 0.303 e. The number of carboxylic acids is 1. The Hall–Kier alpha value is -0.900. The topological polar surface area (TPSA) is 50.2 Å². The average Bonchev–Trinajstić information content (AvgIpc) is 2.83. The van der Waals surface area contributed by atoms with Crippen molar-refractivity contribution in [3.8, 4) is 0 Å². The van der Waals surface area contributed by atoms with E-state index in [9.17, 15) is 4.79 Å². The molecule has 1 heterocycles. The minimum Gasteiger partial charge on any atom is -0.481 e. The van der Waals surface area contributed by atoms with Gasteiger partial charge in [-0.1, -0.05) is 0 Å². The Morgan fingerprint density at radius 3 is 3.08 bits per heavy atom. The van der Waals surface area contributed by atoms with Crippen molar-refractivity contribution in [2.45, 2.75) is 31.6 Å². The first kappa shape index (κ1) is 8.69. The Balaban J connectivity index is 1.92. The summed E-state index contributed by atoms with van der Waals surface area (Å²) in [6.45, 7) is 0. The van der Waals surface area contributed by atoms with Crippen LogP contribution in [0.2, 0.25) is 0 Å². The molecule has 0 atom stereocenters. The summed E-state index contributed by atoms with van der Waals surface area (Å²) in [7, 11) is 0. The number of aromatic nitrogens is 1. The number of hydrogen-bond acceptors (Lipinski definition) is 3. The molecular formula is C9H11NO2S. The van der Waals surface area contributed by atoms with Crippen LogP contribution in [0.3, 0.4) is 0 Å². The molecule has 0 aromatic carbocycles. The fraction of sp³-hybridized carbons (Fsp3) is 0.556. The van der Waals surface area contributed by atoms with Gasteiger partial charge < -0.3 is 5.11 Å². The molecule has 0 unspecified atom stereocenters. The van der Waals surface area contributed by atoms with Crippen molar-refractivity contribution in [1.29, 1.82) is 0 Å². The van der Waals surface area contributed by atoms with E-state index in [1.165, 1.54) is 17.7 Å². The molecule has 4 heteroatoms. The number of aryl methyl sites for hydroxylation is 1. The van der Waals surface area contributed by atoms with E-state index in [0.29, 0.717) is 6.42 Å². The Morgan fingerprint density at radius 1 is 1.69 bits per heavy atom. The van der Waals surface area contributed by atoms with Crippen LogP contribution in [0.1, 0.15) is 35.1 Å². The summed E-state index contributed by atoms with van der Waals surface area (Å²) in [5.74, 6) is -0.0146. The quantitative estimate of drug-likeness (QED) is 0.803. The lowest BCUT2D eigenvalue weighted by Crippen LogP contribution is -1.96. The molecular weight excluding hydrogens is 186 g/mol. The van der Waals surface area contributed by atoms with Crippen molar-refractivity contribution >= 4 is 17.3 Å². The molecule has 0 spiro atoms. The summed E-state index contributed by atoms with van der Waals surface area (Å²) < 4.78 is 0. The number of carboxylic acid groups (broad SMARTS) is 1. The normalized spacial score (nSPS) is 16.0. The van der Waals surface area contributed by atoms with Gasteiger partial charge in [-0.2, -0.15) is 0 Å². The van der Waals surface area contributed by atoms with Gasteiger partial charge in [-0.25, -0.2) is 4.98 Å². The molecule has 13 heavy (non-hydrogen) atoms. The first-order chi connectivity index (χ1) is 6.25. The van der Waals surface area contributed by atoms with E-state index in [1.807, 2.05) is 6.20 Å². The van der Waals surface area contributed by atoms with Crippen LogP contribution in [0.25, 0.3) is 0 Å². The molecule has 0 radical (unpaired) electrons. The van der Waals surface area contributed by atoms with Crippen LogP contribution in [-0.4, -0.2) is 16.1 Å². The third-order valence-electron chi connectivity index (χ3n) is 2.10. The van der Waals surface area contributed by atoms with Gasteiger partial charge in [0.2, 0.25) is 0 Å². The zero-order chi connectivity index (χ0) is 9.26. The highest BCUT2D eigenvalue weighted by Crippen LogP contribution is 2.42. The molecule has 70 valence electrons. The van der Waals surface area contributed by atoms with Crippen LogP contribution < -0.4 is 0 Å². The fourth-order valence-electron chi connectivity index (χ4n) is 1.21. The lowest BCUT2D eigenvalue weighted by Gasteiger charge is -1.89. The van der Waals surface area contributed by atoms with Crippen LogP contribution >= 0.6 is 11.3 Å². The standard InChI is InChI=1S/C9H11NO2S/c11-9(12)4-3-8-10-5-7(13-8)6-1-2-6/h5-6H,1-4H2,(H,11,12). The lowest BCUT2D eigenvalue weighted by molar-refractivity contribution is -0.136. The molecule has 0 amide bonds. The van der Waals surface area contributed by atoms with E-state index in [2.05, 4.69) is 4.98 Å². The molecule has 1 saturated carbocycles. The van der Waals surface area contributed by atoms with Gasteiger partial charge in [0.15, 0.2) is 0 Å². The Kier molecular flexibility index (Phi) is 2.31. The number of nitrogens with zero attached hydrogens (tertiary/aromatic N) is 1. The fourth-order valence-corrected chi connectivity index (χ4v) is 2.30. The van der Waals surface area contributed by atoms with Gasteiger partial charge in [0.25, 0.3) is 0 Å². The summed E-state index contributed by atoms with van der Waals surface area (Å²) in [6, 6.07) is 0. The predicted molar refractivity (Wildman–Crippen MR) is 50.0 cm³/mol. The summed E-state index contributed by atoms with van der Waals surface area (Å²) >= 11 is 1.67. The molecule has 1 aromatic heterocycles. The maximum atomic E-state index is 10.3. The number of hydrogen-bond donors (Lipinski definition) is 1. The highest BCUT2D eigenvalue weighted by molar-refractivity contribution is 7.11. The minimum atomic E-state index is -0.747. The molecule has 1 aliphatic carbocycles. The Bertz CT molecular complexity index is 317. The SMILES string of the molecule is O=C(O)CCc1ncc(C2CC2)s1. The second-order valence-electron chi connectivity index (χ2n) is 3.32. The van der Waals surface area contributed by atoms with Gasteiger partial charge >= 0.3 is 5.97 Å². The summed E-state index contributed by atoms with van der Waals surface area (Å²) in [6.07, 6.45) is 5.23. The zero-order valence-electron chi connectivity index (χ0n) is 7.19. The highest BCUT2D eigenvalue weighted by atomic mass is 32.1. The monoisotopic (exact) mass is 197 g/mol. The maximum absolute atomic E-state index is 10.3. The highest BCUT2D eigenvalue weighted by Gasteiger charge is 2.25. The summed E-state index contributed by atoms with van der Waals surface area (Å²) in [4.78, 5) is 15.8. The van der Waals surface area contributed by atoms with Crippen LogP contribution in [0.15, 0.2) is 6.20 Å². The van der Waals surface area contributed by atoms with Gasteiger partial charge in [0.1, 0.15) is 0 Å². The van der Waals surface area contributed by atoms with Gasteiger partial charge in [0.05, 0.1) is 11.4 Å². The van der Waals surface area contributed by atoms with Crippen LogP contribution in [0.5, 0.6) is 0 Å². The molecule has 0 saturated heterocycles. The van der Waals surface area contributed by atoms with E-state index in [-0.39, 0.29) is 6.42 Å². The van der Waals surface area contributed by atoms with Gasteiger partial charge in [-0.15, -0.1) is 11.3 Å². The van der Waals surface area contributed by atoms with E-state index in [1.54, 1.807) is 11.3 Å². The smallest absolute Gasteiger partial charge is 0.303 e. The zero-order valence-corrected chi connectivity index (χ0v) is 8.01. The number of rotatable bonds is 4. The minimum absolute atomic E-state index is 0.192. The molecule has 1 fully saturated rings. The second-order valence-corrected chi connectivity index (χ2v) is 4.47. The van der Waals surface area contributed by atoms with Crippen LogP contribution in [0.4, 0.5) is 0 Å². The third kappa shape index (κ3) is 2.28. The molecule has 3 nitrogen and oxygen atoms in total. The van der Waals surface area contributed by atoms with Crippen LogP contribution in [0, 0.1) is 0 Å². The molecule has 1 aromatic rings. The van der Waals surface area contributed by atoms with E-state index >= 15 is 0 Å². The first-order valence-corrected chi connectivity index (χ1v) is 5.24. The Morgan fingerprint density at radius 2 is 2.46 bits per heavy atom. The van der Waals surface area contributed by atoms with E-state index < -0.39 is 5.97 Å². The number of thiazole rings is 1. The third-order valence-corrected chi connectivity index (χ3v) is 3.32. The largest absolute Gasteiger partial charge is 0.481 e. The van der Waals surface area contributed by atoms with Crippen molar-refractivity contribution < 1.29 is 9.90 Å². The van der Waals surface area contributed by atoms with E-state index in [4.69, 9.17) is 5.11 Å². The van der Waals surface area contributed by atoms with Crippen molar-refractivity contribution in [3.05, 3.63) is 16.1 Å². The predicted octanol–water partition coefficient (Wildman–Crippen LogP) is 2.04. The lowest BCUT2D eigenvalue weighted by atomic mass is 10.3. The molecule has 1 N–H and O–H groups in total. The first-order valence-electron chi connectivity index (χ1n) is 4.42. The van der Waals surface area contributed by atoms with Crippen molar-refractivity contribution in [1.82, 2.24) is 4.98 Å².